The first kappa shape index (κ1) is 18.6. The topological polar surface area (TPSA) is 91.7 Å². The maximum Gasteiger partial charge on any atom is 0.285 e. The van der Waals surface area contributed by atoms with Gasteiger partial charge in [-0.05, 0) is 37.1 Å². The van der Waals surface area contributed by atoms with Crippen LogP contribution >= 0.6 is 0 Å². The van der Waals surface area contributed by atoms with Crippen molar-refractivity contribution in [2.75, 3.05) is 19.6 Å². The summed E-state index contributed by atoms with van der Waals surface area (Å²) in [7, 11) is -3.65. The van der Waals surface area contributed by atoms with E-state index in [1.165, 1.54) is 0 Å². The van der Waals surface area contributed by atoms with Crippen molar-refractivity contribution in [1.82, 2.24) is 15.2 Å². The van der Waals surface area contributed by atoms with Gasteiger partial charge in [0.25, 0.3) is 10.0 Å². The molecule has 1 amide bonds. The molecule has 1 fully saturated rings. The van der Waals surface area contributed by atoms with E-state index in [0.29, 0.717) is 37.5 Å². The molecule has 0 saturated carbocycles. The lowest BCUT2D eigenvalue weighted by Crippen LogP contribution is -2.45. The number of carbonyl (C=O) groups is 1. The van der Waals surface area contributed by atoms with E-state index in [1.54, 1.807) is 30.5 Å². The number of carbonyl (C=O) groups excluding carboxylic acids is 1. The van der Waals surface area contributed by atoms with Crippen molar-refractivity contribution < 1.29 is 13.2 Å². The first-order chi connectivity index (χ1) is 13.5. The van der Waals surface area contributed by atoms with Crippen LogP contribution in [0.25, 0.3) is 0 Å². The smallest absolute Gasteiger partial charge is 0.285 e. The molecule has 146 valence electrons. The lowest BCUT2D eigenvalue weighted by atomic mass is 9.96. The quantitative estimate of drug-likeness (QED) is 0.845. The van der Waals surface area contributed by atoms with E-state index in [2.05, 4.69) is 14.7 Å². The van der Waals surface area contributed by atoms with Crippen molar-refractivity contribution in [2.45, 2.75) is 24.2 Å². The molecule has 1 atom stereocenters. The van der Waals surface area contributed by atoms with Gasteiger partial charge < -0.3 is 10.2 Å². The fourth-order valence-electron chi connectivity index (χ4n) is 3.70. The van der Waals surface area contributed by atoms with Gasteiger partial charge in [-0.1, -0.05) is 18.2 Å². The first-order valence-electron chi connectivity index (χ1n) is 9.41. The Bertz CT molecular complexity index is 1010. The molecule has 0 bridgehead atoms. The van der Waals surface area contributed by atoms with Crippen LogP contribution in [0.2, 0.25) is 0 Å². The summed E-state index contributed by atoms with van der Waals surface area (Å²) in [4.78, 5) is 19.0. The number of nitrogens with zero attached hydrogens (tertiary/aromatic N) is 3. The Morgan fingerprint density at radius 3 is 2.82 bits per heavy atom. The minimum atomic E-state index is -3.65. The lowest BCUT2D eigenvalue weighted by molar-refractivity contribution is -0.126. The average molecular weight is 398 g/mol. The number of piperidine rings is 1. The maximum atomic E-state index is 12.6. The van der Waals surface area contributed by atoms with Crippen LogP contribution in [0.1, 0.15) is 24.1 Å². The van der Waals surface area contributed by atoms with Crippen molar-refractivity contribution in [3.8, 4) is 0 Å². The summed E-state index contributed by atoms with van der Waals surface area (Å²) in [5, 5.41) is 2.98. The number of amidine groups is 1. The molecular formula is C20H22N4O3S. The number of benzene rings is 1. The second kappa shape index (κ2) is 7.71. The monoisotopic (exact) mass is 398 g/mol. The predicted octanol–water partition coefficient (Wildman–Crippen LogP) is 1.60. The number of pyridine rings is 1. The van der Waals surface area contributed by atoms with Crippen LogP contribution in [0.4, 0.5) is 0 Å². The van der Waals surface area contributed by atoms with Crippen LogP contribution in [0, 0.1) is 5.92 Å². The zero-order chi connectivity index (χ0) is 19.6. The summed E-state index contributed by atoms with van der Waals surface area (Å²) in [6, 6.07) is 12.6. The lowest BCUT2D eigenvalue weighted by Gasteiger charge is -2.33. The molecule has 0 spiro atoms. The Morgan fingerprint density at radius 2 is 2.00 bits per heavy atom. The number of fused-ring (bicyclic) bond motifs is 1. The van der Waals surface area contributed by atoms with Crippen molar-refractivity contribution in [3.63, 3.8) is 0 Å². The maximum absolute atomic E-state index is 12.6. The van der Waals surface area contributed by atoms with E-state index in [1.807, 2.05) is 23.1 Å². The van der Waals surface area contributed by atoms with Gasteiger partial charge in [-0.15, -0.1) is 4.40 Å². The van der Waals surface area contributed by atoms with Gasteiger partial charge >= 0.3 is 0 Å². The molecule has 8 heteroatoms. The van der Waals surface area contributed by atoms with Crippen LogP contribution in [-0.4, -0.2) is 49.7 Å². The molecule has 3 heterocycles. The zero-order valence-electron chi connectivity index (χ0n) is 15.4. The van der Waals surface area contributed by atoms with E-state index < -0.39 is 10.0 Å². The molecule has 28 heavy (non-hydrogen) atoms. The molecule has 0 aliphatic carbocycles. The number of likely N-dealkylation sites (tertiary alicyclic amines) is 1. The van der Waals surface area contributed by atoms with Crippen LogP contribution < -0.4 is 5.32 Å². The molecule has 1 unspecified atom stereocenters. The molecule has 2 aliphatic rings. The van der Waals surface area contributed by atoms with Gasteiger partial charge in [0.2, 0.25) is 5.91 Å². The summed E-state index contributed by atoms with van der Waals surface area (Å²) < 4.78 is 28.6. The van der Waals surface area contributed by atoms with Crippen molar-refractivity contribution in [2.24, 2.45) is 10.3 Å². The Balaban J connectivity index is 1.40. The molecule has 1 N–H and O–H groups in total. The van der Waals surface area contributed by atoms with Gasteiger partial charge in [0.05, 0.1) is 5.92 Å². The standard InChI is InChI=1S/C20H22N4O3S/c25-20(22-12-10-16-7-3-4-11-21-16)15-6-5-13-24(14-15)19-17-8-1-2-9-18(17)28(26,27)23-19/h1-4,7-9,11,15H,5-6,10,12-14H2,(H,22,25). The van der Waals surface area contributed by atoms with E-state index in [9.17, 15) is 13.2 Å². The van der Waals surface area contributed by atoms with E-state index in [0.717, 1.165) is 18.5 Å². The Hall–Kier alpha value is -2.74. The Morgan fingerprint density at radius 1 is 1.18 bits per heavy atom. The highest BCUT2D eigenvalue weighted by atomic mass is 32.2. The molecule has 7 nitrogen and oxygen atoms in total. The van der Waals surface area contributed by atoms with Gasteiger partial charge in [0.1, 0.15) is 4.90 Å². The largest absolute Gasteiger partial charge is 0.355 e. The van der Waals surface area contributed by atoms with Gasteiger partial charge in [-0.3, -0.25) is 9.78 Å². The fourth-order valence-corrected chi connectivity index (χ4v) is 4.93. The summed E-state index contributed by atoms with van der Waals surface area (Å²) in [6.45, 7) is 1.70. The van der Waals surface area contributed by atoms with Crippen molar-refractivity contribution in [1.29, 1.82) is 0 Å². The minimum absolute atomic E-state index is 0.00429. The van der Waals surface area contributed by atoms with E-state index >= 15 is 0 Å². The normalized spacial score (nSPS) is 20.4. The van der Waals surface area contributed by atoms with Crippen LogP contribution in [0.3, 0.4) is 0 Å². The molecule has 4 rings (SSSR count). The van der Waals surface area contributed by atoms with Crippen molar-refractivity contribution in [3.05, 3.63) is 59.9 Å². The van der Waals surface area contributed by atoms with Crippen LogP contribution in [0.5, 0.6) is 0 Å². The number of hydrogen-bond acceptors (Lipinski definition) is 5. The SMILES string of the molecule is O=C(NCCc1ccccn1)C1CCCN(C2=NS(=O)(=O)c3ccccc32)C1. The summed E-state index contributed by atoms with van der Waals surface area (Å²) in [5.41, 5.74) is 1.56. The zero-order valence-corrected chi connectivity index (χ0v) is 16.2. The highest BCUT2D eigenvalue weighted by molar-refractivity contribution is 7.90. The average Bonchev–Trinajstić information content (AvgIpc) is 3.00. The fraction of sp³-hybridized carbons (Fsp3) is 0.350. The molecular weight excluding hydrogens is 376 g/mol. The molecule has 1 saturated heterocycles. The highest BCUT2D eigenvalue weighted by Crippen LogP contribution is 2.29. The van der Waals surface area contributed by atoms with E-state index in [4.69, 9.17) is 0 Å². The highest BCUT2D eigenvalue weighted by Gasteiger charge is 2.35. The summed E-state index contributed by atoms with van der Waals surface area (Å²) in [5.74, 6) is 0.271. The van der Waals surface area contributed by atoms with E-state index in [-0.39, 0.29) is 16.7 Å². The molecule has 1 aromatic heterocycles. The number of sulfonamides is 1. The molecule has 2 aliphatic heterocycles. The van der Waals surface area contributed by atoms with Gasteiger partial charge in [0, 0.05) is 43.5 Å². The first-order valence-corrected chi connectivity index (χ1v) is 10.9. The van der Waals surface area contributed by atoms with Crippen LogP contribution in [0.15, 0.2) is 58.0 Å². The second-order valence-corrected chi connectivity index (χ2v) is 8.61. The number of hydrogen-bond donors (Lipinski definition) is 1. The number of nitrogens with one attached hydrogen (secondary N) is 1. The molecule has 1 aromatic carbocycles. The minimum Gasteiger partial charge on any atom is -0.355 e. The Labute approximate surface area is 164 Å². The third kappa shape index (κ3) is 3.77. The number of aromatic nitrogens is 1. The number of amides is 1. The molecule has 2 aromatic rings. The van der Waals surface area contributed by atoms with Gasteiger partial charge in [-0.2, -0.15) is 8.42 Å². The summed E-state index contributed by atoms with van der Waals surface area (Å²) in [6.07, 6.45) is 4.03. The third-order valence-electron chi connectivity index (χ3n) is 5.11. The molecule has 0 radical (unpaired) electrons. The third-order valence-corrected chi connectivity index (χ3v) is 6.44. The predicted molar refractivity (Wildman–Crippen MR) is 105 cm³/mol. The van der Waals surface area contributed by atoms with Gasteiger partial charge in [-0.25, -0.2) is 0 Å². The number of rotatable bonds is 4. The van der Waals surface area contributed by atoms with Crippen molar-refractivity contribution >= 4 is 21.8 Å². The van der Waals surface area contributed by atoms with Gasteiger partial charge in [0.15, 0.2) is 5.84 Å². The summed E-state index contributed by atoms with van der Waals surface area (Å²) >= 11 is 0. The van der Waals surface area contributed by atoms with Crippen LogP contribution in [-0.2, 0) is 21.2 Å². The Kier molecular flexibility index (Phi) is 5.13. The second-order valence-electron chi connectivity index (χ2n) is 7.03.